The molecule has 0 radical (unpaired) electrons. The second kappa shape index (κ2) is 10.9. The van der Waals surface area contributed by atoms with Crippen LogP contribution in [0, 0.1) is 16.0 Å². The zero-order valence-electron chi connectivity index (χ0n) is 17.0. The van der Waals surface area contributed by atoms with E-state index in [1.54, 1.807) is 30.3 Å². The van der Waals surface area contributed by atoms with Gasteiger partial charge >= 0.3 is 13.7 Å². The Balaban J connectivity index is 1.60. The van der Waals surface area contributed by atoms with Crippen LogP contribution in [0.1, 0.15) is 32.1 Å². The van der Waals surface area contributed by atoms with Gasteiger partial charge in [0.05, 0.1) is 10.8 Å². The quantitative estimate of drug-likeness (QED) is 0.180. The number of para-hydroxylation sites is 1. The predicted molar refractivity (Wildman–Crippen MR) is 114 cm³/mol. The van der Waals surface area contributed by atoms with Crippen molar-refractivity contribution in [1.82, 2.24) is 5.09 Å². The Labute approximate surface area is 180 Å². The number of carbonyl (C=O) groups excluding carboxylic acids is 1. The summed E-state index contributed by atoms with van der Waals surface area (Å²) >= 11 is 0. The molecule has 10 heteroatoms. The Morgan fingerprint density at radius 2 is 1.61 bits per heavy atom. The number of hydrogen-bond donors (Lipinski definition) is 1. The molecule has 1 N–H and O–H groups in total. The number of carbonyl (C=O) groups is 1. The van der Waals surface area contributed by atoms with E-state index in [0.29, 0.717) is 5.75 Å². The Kier molecular flexibility index (Phi) is 8.03. The van der Waals surface area contributed by atoms with Gasteiger partial charge in [0.25, 0.3) is 5.69 Å². The van der Waals surface area contributed by atoms with Gasteiger partial charge in [-0.05, 0) is 37.1 Å². The number of nitro benzene ring substituents is 1. The number of rotatable bonds is 10. The van der Waals surface area contributed by atoms with E-state index < -0.39 is 12.7 Å². The highest BCUT2D eigenvalue weighted by Gasteiger charge is 2.29. The van der Waals surface area contributed by atoms with Gasteiger partial charge in [-0.2, -0.15) is 5.09 Å². The average Bonchev–Trinajstić information content (AvgIpc) is 2.78. The number of hydrogen-bond acceptors (Lipinski definition) is 7. The first-order valence-electron chi connectivity index (χ1n) is 10.2. The first-order chi connectivity index (χ1) is 15.0. The third kappa shape index (κ3) is 7.08. The minimum Gasteiger partial charge on any atom is -0.464 e. The molecule has 0 bridgehead atoms. The average molecular weight is 448 g/mol. The highest BCUT2D eigenvalue weighted by molar-refractivity contribution is 7.52. The number of nitro groups is 1. The van der Waals surface area contributed by atoms with Crippen molar-refractivity contribution in [3.8, 4) is 11.5 Å². The summed E-state index contributed by atoms with van der Waals surface area (Å²) in [5.41, 5.74) is -0.117. The molecular weight excluding hydrogens is 423 g/mol. The van der Waals surface area contributed by atoms with Crippen LogP contribution in [0.25, 0.3) is 0 Å². The zero-order chi connectivity index (χ0) is 22.1. The fraction of sp³-hybridized carbons (Fsp3) is 0.381. The Morgan fingerprint density at radius 1 is 1.00 bits per heavy atom. The van der Waals surface area contributed by atoms with Crippen LogP contribution >= 0.6 is 7.75 Å². The van der Waals surface area contributed by atoms with Crippen molar-refractivity contribution in [3.05, 3.63) is 64.7 Å². The van der Waals surface area contributed by atoms with Gasteiger partial charge in [-0.3, -0.25) is 14.9 Å². The molecule has 166 valence electrons. The standard InChI is InChI=1S/C21H25N2O7P/c24-21(17-7-3-1-4-8-17)28-16-15-22-31(27,29-19-9-5-2-6-10-19)30-20-13-11-18(12-14-20)23(25)26/h2,5-6,9-14,17H,1,3-4,7-8,15-16H2,(H,22,27). The summed E-state index contributed by atoms with van der Waals surface area (Å²) in [4.78, 5) is 22.4. The van der Waals surface area contributed by atoms with E-state index in [0.717, 1.165) is 32.1 Å². The summed E-state index contributed by atoms with van der Waals surface area (Å²) in [5, 5.41) is 13.5. The smallest absolute Gasteiger partial charge is 0.464 e. The number of ether oxygens (including phenoxy) is 1. The van der Waals surface area contributed by atoms with Crippen LogP contribution in [0.3, 0.4) is 0 Å². The highest BCUT2D eigenvalue weighted by atomic mass is 31.2. The van der Waals surface area contributed by atoms with Gasteiger partial charge < -0.3 is 13.8 Å². The fourth-order valence-electron chi connectivity index (χ4n) is 3.26. The molecule has 1 saturated carbocycles. The van der Waals surface area contributed by atoms with Gasteiger partial charge in [-0.1, -0.05) is 37.5 Å². The van der Waals surface area contributed by atoms with Crippen molar-refractivity contribution in [3.63, 3.8) is 0 Å². The van der Waals surface area contributed by atoms with Crippen LogP contribution < -0.4 is 14.1 Å². The molecule has 1 unspecified atom stereocenters. The molecule has 1 aliphatic rings. The summed E-state index contributed by atoms with van der Waals surface area (Å²) < 4.78 is 29.7. The third-order valence-corrected chi connectivity index (χ3v) is 6.35. The van der Waals surface area contributed by atoms with Gasteiger partial charge in [-0.25, -0.2) is 4.57 Å². The predicted octanol–water partition coefficient (Wildman–Crippen LogP) is 4.87. The molecule has 2 aromatic carbocycles. The minimum atomic E-state index is -3.91. The highest BCUT2D eigenvalue weighted by Crippen LogP contribution is 2.44. The lowest BCUT2D eigenvalue weighted by atomic mass is 9.89. The maximum Gasteiger partial charge on any atom is 0.513 e. The molecule has 3 rings (SSSR count). The molecule has 0 aliphatic heterocycles. The van der Waals surface area contributed by atoms with Crippen LogP contribution in [0.4, 0.5) is 5.69 Å². The van der Waals surface area contributed by atoms with Crippen molar-refractivity contribution < 1.29 is 28.1 Å². The zero-order valence-corrected chi connectivity index (χ0v) is 17.9. The van der Waals surface area contributed by atoms with Gasteiger partial charge in [0.2, 0.25) is 0 Å². The largest absolute Gasteiger partial charge is 0.513 e. The lowest BCUT2D eigenvalue weighted by Gasteiger charge is -2.22. The molecule has 2 aromatic rings. The molecule has 0 saturated heterocycles. The lowest BCUT2D eigenvalue weighted by molar-refractivity contribution is -0.384. The van der Waals surface area contributed by atoms with Gasteiger partial charge in [0.1, 0.15) is 18.1 Å². The van der Waals surface area contributed by atoms with Crippen molar-refractivity contribution in [2.75, 3.05) is 13.2 Å². The normalized spacial score (nSPS) is 16.1. The van der Waals surface area contributed by atoms with Crippen LogP contribution in [0.15, 0.2) is 54.6 Å². The SMILES string of the molecule is O=C(OCCNP(=O)(Oc1ccccc1)Oc1ccc([N+](=O)[O-])cc1)C1CCCCC1. The van der Waals surface area contributed by atoms with E-state index in [1.807, 2.05) is 0 Å². The van der Waals surface area contributed by atoms with Crippen molar-refractivity contribution in [1.29, 1.82) is 0 Å². The molecule has 9 nitrogen and oxygen atoms in total. The van der Waals surface area contributed by atoms with E-state index in [2.05, 4.69) is 5.09 Å². The maximum absolute atomic E-state index is 13.3. The van der Waals surface area contributed by atoms with Crippen LogP contribution in [-0.4, -0.2) is 24.0 Å². The van der Waals surface area contributed by atoms with E-state index in [1.165, 1.54) is 24.3 Å². The van der Waals surface area contributed by atoms with E-state index in [4.69, 9.17) is 13.8 Å². The molecule has 1 aliphatic carbocycles. The van der Waals surface area contributed by atoms with Gasteiger partial charge in [-0.15, -0.1) is 0 Å². The Morgan fingerprint density at radius 3 is 2.23 bits per heavy atom. The maximum atomic E-state index is 13.3. The first-order valence-corrected chi connectivity index (χ1v) is 11.7. The summed E-state index contributed by atoms with van der Waals surface area (Å²) in [6.07, 6.45) is 4.88. The van der Waals surface area contributed by atoms with E-state index >= 15 is 0 Å². The van der Waals surface area contributed by atoms with Gasteiger partial charge in [0.15, 0.2) is 0 Å². The van der Waals surface area contributed by atoms with Crippen molar-refractivity contribution in [2.45, 2.75) is 32.1 Å². The van der Waals surface area contributed by atoms with E-state index in [-0.39, 0.29) is 36.5 Å². The number of benzene rings is 2. The summed E-state index contributed by atoms with van der Waals surface area (Å²) in [6, 6.07) is 13.6. The Bertz CT molecular complexity index is 915. The first kappa shape index (κ1) is 22.8. The molecule has 0 spiro atoms. The van der Waals surface area contributed by atoms with Crippen LogP contribution in [0.5, 0.6) is 11.5 Å². The Hall–Kier alpha value is -2.90. The minimum absolute atomic E-state index is 0.0150. The van der Waals surface area contributed by atoms with Gasteiger partial charge in [0, 0.05) is 18.7 Å². The number of non-ortho nitro benzene ring substituents is 1. The van der Waals surface area contributed by atoms with Crippen LogP contribution in [-0.2, 0) is 14.1 Å². The van der Waals surface area contributed by atoms with Crippen molar-refractivity contribution in [2.24, 2.45) is 5.92 Å². The lowest BCUT2D eigenvalue weighted by Crippen LogP contribution is -2.26. The molecule has 31 heavy (non-hydrogen) atoms. The molecule has 0 heterocycles. The van der Waals surface area contributed by atoms with E-state index in [9.17, 15) is 19.5 Å². The number of esters is 1. The molecule has 0 amide bonds. The summed E-state index contributed by atoms with van der Waals surface area (Å²) in [7, 11) is -3.91. The van der Waals surface area contributed by atoms with Crippen LogP contribution in [0.2, 0.25) is 0 Å². The molecule has 1 atom stereocenters. The third-order valence-electron chi connectivity index (χ3n) is 4.83. The second-order valence-corrected chi connectivity index (χ2v) is 8.83. The number of nitrogens with one attached hydrogen (secondary N) is 1. The topological polar surface area (TPSA) is 117 Å². The van der Waals surface area contributed by atoms with Crippen molar-refractivity contribution >= 4 is 19.4 Å². The molecular formula is C21H25N2O7P. The summed E-state index contributed by atoms with van der Waals surface area (Å²) in [5.74, 6) is 0.144. The summed E-state index contributed by atoms with van der Waals surface area (Å²) in [6.45, 7) is 0.0661. The monoisotopic (exact) mass is 448 g/mol. The molecule has 1 fully saturated rings. The number of nitrogens with zero attached hydrogens (tertiary/aromatic N) is 1. The molecule has 0 aromatic heterocycles. The fourth-order valence-corrected chi connectivity index (χ4v) is 4.59. The second-order valence-electron chi connectivity index (χ2n) is 7.15.